The molecule has 0 atom stereocenters. The van der Waals surface area contributed by atoms with Crippen LogP contribution in [0.5, 0.6) is 0 Å². The van der Waals surface area contributed by atoms with Gasteiger partial charge in [-0.05, 0) is 6.07 Å². The number of hydrogen-bond acceptors (Lipinski definition) is 3. The second kappa shape index (κ2) is 4.61. The Kier molecular flexibility index (Phi) is 3.00. The number of nitro groups is 1. The van der Waals surface area contributed by atoms with Crippen LogP contribution in [0.1, 0.15) is 0 Å². The van der Waals surface area contributed by atoms with E-state index >= 15 is 0 Å². The Morgan fingerprint density at radius 2 is 2.24 bits per heavy atom. The highest BCUT2D eigenvalue weighted by Crippen LogP contribution is 2.27. The third-order valence-electron chi connectivity index (χ3n) is 2.35. The van der Waals surface area contributed by atoms with Crippen molar-refractivity contribution in [2.45, 2.75) is 6.54 Å². The standard InChI is InChI=1S/C12H11N3O2/c1-2-7-14-8-11(13-9-14)10-5-3-4-6-12(10)15(16)17/h2-6,8-9H,1,7H2. The van der Waals surface area contributed by atoms with E-state index in [0.717, 1.165) is 0 Å². The monoisotopic (exact) mass is 229 g/mol. The second-order valence-corrected chi connectivity index (χ2v) is 3.52. The van der Waals surface area contributed by atoms with Crippen molar-refractivity contribution in [1.29, 1.82) is 0 Å². The highest BCUT2D eigenvalue weighted by molar-refractivity contribution is 5.69. The van der Waals surface area contributed by atoms with Crippen molar-refractivity contribution in [2.75, 3.05) is 0 Å². The Labute approximate surface area is 98.2 Å². The highest BCUT2D eigenvalue weighted by Gasteiger charge is 2.15. The van der Waals surface area contributed by atoms with Crippen molar-refractivity contribution >= 4 is 5.69 Å². The van der Waals surface area contributed by atoms with Crippen LogP contribution in [0.25, 0.3) is 11.3 Å². The predicted octanol–water partition coefficient (Wildman–Crippen LogP) is 2.64. The van der Waals surface area contributed by atoms with E-state index in [1.807, 2.05) is 4.57 Å². The predicted molar refractivity (Wildman–Crippen MR) is 64.5 cm³/mol. The third kappa shape index (κ3) is 2.23. The van der Waals surface area contributed by atoms with Crippen molar-refractivity contribution < 1.29 is 4.92 Å². The molecule has 1 aromatic carbocycles. The van der Waals surface area contributed by atoms with E-state index in [2.05, 4.69) is 11.6 Å². The fourth-order valence-corrected chi connectivity index (χ4v) is 1.60. The number of para-hydroxylation sites is 1. The van der Waals surface area contributed by atoms with E-state index < -0.39 is 4.92 Å². The zero-order valence-electron chi connectivity index (χ0n) is 9.11. The van der Waals surface area contributed by atoms with Crippen LogP contribution in [-0.2, 0) is 6.54 Å². The zero-order valence-corrected chi connectivity index (χ0v) is 9.11. The fraction of sp³-hybridized carbons (Fsp3) is 0.0833. The van der Waals surface area contributed by atoms with Gasteiger partial charge in [-0.3, -0.25) is 10.1 Å². The van der Waals surface area contributed by atoms with Gasteiger partial charge in [0, 0.05) is 18.8 Å². The number of imidazole rings is 1. The minimum atomic E-state index is -0.401. The number of nitrogens with zero attached hydrogens (tertiary/aromatic N) is 3. The van der Waals surface area contributed by atoms with Crippen molar-refractivity contribution in [3.05, 3.63) is 59.6 Å². The smallest absolute Gasteiger partial charge is 0.278 e. The molecule has 5 heteroatoms. The minimum absolute atomic E-state index is 0.0661. The topological polar surface area (TPSA) is 61.0 Å². The Morgan fingerprint density at radius 1 is 1.47 bits per heavy atom. The Balaban J connectivity index is 2.44. The molecule has 2 rings (SSSR count). The molecule has 0 fully saturated rings. The molecule has 1 heterocycles. The van der Waals surface area contributed by atoms with Crippen LogP contribution in [0.15, 0.2) is 49.4 Å². The van der Waals surface area contributed by atoms with Gasteiger partial charge < -0.3 is 4.57 Å². The van der Waals surface area contributed by atoms with Crippen molar-refractivity contribution in [1.82, 2.24) is 9.55 Å². The summed E-state index contributed by atoms with van der Waals surface area (Å²) >= 11 is 0. The maximum absolute atomic E-state index is 10.9. The van der Waals surface area contributed by atoms with Gasteiger partial charge in [0.05, 0.1) is 22.5 Å². The zero-order chi connectivity index (χ0) is 12.3. The molecule has 17 heavy (non-hydrogen) atoms. The van der Waals surface area contributed by atoms with E-state index in [-0.39, 0.29) is 5.69 Å². The van der Waals surface area contributed by atoms with Crippen LogP contribution in [0.3, 0.4) is 0 Å². The van der Waals surface area contributed by atoms with Gasteiger partial charge >= 0.3 is 0 Å². The number of nitro benzene ring substituents is 1. The molecule has 0 bridgehead atoms. The van der Waals surface area contributed by atoms with Gasteiger partial charge in [-0.25, -0.2) is 4.98 Å². The summed E-state index contributed by atoms with van der Waals surface area (Å²) in [5.74, 6) is 0. The first-order valence-corrected chi connectivity index (χ1v) is 5.09. The largest absolute Gasteiger partial charge is 0.333 e. The van der Waals surface area contributed by atoms with Gasteiger partial charge in [-0.15, -0.1) is 6.58 Å². The number of benzene rings is 1. The molecule has 0 radical (unpaired) electrons. The van der Waals surface area contributed by atoms with Crippen molar-refractivity contribution in [3.63, 3.8) is 0 Å². The van der Waals surface area contributed by atoms with E-state index in [9.17, 15) is 10.1 Å². The lowest BCUT2D eigenvalue weighted by atomic mass is 10.1. The molecule has 0 spiro atoms. The molecule has 0 aliphatic heterocycles. The molecule has 0 amide bonds. The summed E-state index contributed by atoms with van der Waals surface area (Å²) in [6.45, 7) is 4.26. The first kappa shape index (κ1) is 11.1. The molecular formula is C12H11N3O2. The Morgan fingerprint density at radius 3 is 2.94 bits per heavy atom. The molecule has 0 aliphatic carbocycles. The maximum Gasteiger partial charge on any atom is 0.278 e. The van der Waals surface area contributed by atoms with Crippen LogP contribution in [0.2, 0.25) is 0 Å². The average Bonchev–Trinajstić information content (AvgIpc) is 2.78. The quantitative estimate of drug-likeness (QED) is 0.460. The Hall–Kier alpha value is -2.43. The summed E-state index contributed by atoms with van der Waals surface area (Å²) in [4.78, 5) is 14.6. The number of hydrogen-bond donors (Lipinski definition) is 0. The first-order chi connectivity index (χ1) is 8.22. The van der Waals surface area contributed by atoms with E-state index in [0.29, 0.717) is 17.8 Å². The molecule has 86 valence electrons. The summed E-state index contributed by atoms with van der Waals surface area (Å²) in [5, 5.41) is 10.9. The average molecular weight is 229 g/mol. The lowest BCUT2D eigenvalue weighted by Gasteiger charge is -1.98. The van der Waals surface area contributed by atoms with Crippen LogP contribution in [0, 0.1) is 10.1 Å². The fourth-order valence-electron chi connectivity index (χ4n) is 1.60. The van der Waals surface area contributed by atoms with E-state index in [1.165, 1.54) is 6.07 Å². The number of aromatic nitrogens is 2. The molecule has 1 aromatic heterocycles. The van der Waals surface area contributed by atoms with Crippen LogP contribution < -0.4 is 0 Å². The highest BCUT2D eigenvalue weighted by atomic mass is 16.6. The van der Waals surface area contributed by atoms with E-state index in [4.69, 9.17) is 0 Å². The number of rotatable bonds is 4. The van der Waals surface area contributed by atoms with Crippen LogP contribution >= 0.6 is 0 Å². The summed E-state index contributed by atoms with van der Waals surface area (Å²) in [7, 11) is 0. The molecular weight excluding hydrogens is 218 g/mol. The summed E-state index contributed by atoms with van der Waals surface area (Å²) in [6, 6.07) is 6.57. The normalized spacial score (nSPS) is 10.1. The van der Waals surface area contributed by atoms with Gasteiger partial charge in [0.25, 0.3) is 5.69 Å². The van der Waals surface area contributed by atoms with Gasteiger partial charge in [-0.1, -0.05) is 18.2 Å². The summed E-state index contributed by atoms with van der Waals surface area (Å²) < 4.78 is 1.82. The molecule has 0 saturated heterocycles. The summed E-state index contributed by atoms with van der Waals surface area (Å²) in [5.41, 5.74) is 1.19. The van der Waals surface area contributed by atoms with Crippen molar-refractivity contribution in [3.8, 4) is 11.3 Å². The number of allylic oxidation sites excluding steroid dienone is 1. The van der Waals surface area contributed by atoms with Gasteiger partial charge in [0.1, 0.15) is 0 Å². The molecule has 5 nitrogen and oxygen atoms in total. The molecule has 0 unspecified atom stereocenters. The third-order valence-corrected chi connectivity index (χ3v) is 2.35. The maximum atomic E-state index is 10.9. The van der Waals surface area contributed by atoms with Gasteiger partial charge in [0.15, 0.2) is 0 Å². The molecule has 0 aliphatic rings. The Bertz CT molecular complexity index is 560. The minimum Gasteiger partial charge on any atom is -0.333 e. The molecule has 0 saturated carbocycles. The van der Waals surface area contributed by atoms with Crippen LogP contribution in [-0.4, -0.2) is 14.5 Å². The van der Waals surface area contributed by atoms with Gasteiger partial charge in [0.2, 0.25) is 0 Å². The van der Waals surface area contributed by atoms with Gasteiger partial charge in [-0.2, -0.15) is 0 Å². The lowest BCUT2D eigenvalue weighted by Crippen LogP contribution is -1.92. The SMILES string of the molecule is C=CCn1cnc(-c2ccccc2[N+](=O)[O-])c1. The molecule has 2 aromatic rings. The first-order valence-electron chi connectivity index (χ1n) is 5.09. The van der Waals surface area contributed by atoms with Crippen molar-refractivity contribution in [2.24, 2.45) is 0 Å². The van der Waals surface area contributed by atoms with E-state index in [1.54, 1.807) is 36.8 Å². The molecule has 0 N–H and O–H groups in total. The van der Waals surface area contributed by atoms with Crippen LogP contribution in [0.4, 0.5) is 5.69 Å². The second-order valence-electron chi connectivity index (χ2n) is 3.52. The summed E-state index contributed by atoms with van der Waals surface area (Å²) in [6.07, 6.45) is 5.14. The lowest BCUT2D eigenvalue weighted by molar-refractivity contribution is -0.384.